The van der Waals surface area contributed by atoms with Gasteiger partial charge in [0.15, 0.2) is 0 Å². The predicted molar refractivity (Wildman–Crippen MR) is 132 cm³/mol. The van der Waals surface area contributed by atoms with Crippen LogP contribution in [0.3, 0.4) is 0 Å². The van der Waals surface area contributed by atoms with E-state index in [1.807, 2.05) is 60.1 Å². The van der Waals surface area contributed by atoms with Crippen LogP contribution in [0.4, 0.5) is 5.82 Å². The van der Waals surface area contributed by atoms with E-state index in [2.05, 4.69) is 39.9 Å². The van der Waals surface area contributed by atoms with Gasteiger partial charge in [0.2, 0.25) is 0 Å². The number of methoxy groups -OCH3 is 1. The molecule has 3 heterocycles. The summed E-state index contributed by atoms with van der Waals surface area (Å²) in [7, 11) is 1.67. The molecule has 3 aromatic heterocycles. The molecule has 0 unspecified atom stereocenters. The molecule has 32 heavy (non-hydrogen) atoms. The fourth-order valence-electron chi connectivity index (χ4n) is 3.53. The molecule has 156 valence electrons. The van der Waals surface area contributed by atoms with E-state index in [-0.39, 0.29) is 0 Å². The molecule has 4 nitrogen and oxygen atoms in total. The summed E-state index contributed by atoms with van der Waals surface area (Å²) in [5.74, 6) is 4.54. The third-order valence-corrected chi connectivity index (χ3v) is 6.22. The number of nitrogens with zero attached hydrogens (tertiary/aromatic N) is 2. The molecule has 2 aliphatic carbocycles. The Morgan fingerprint density at radius 2 is 1.84 bits per heavy atom. The van der Waals surface area contributed by atoms with Gasteiger partial charge in [0.25, 0.3) is 0 Å². The Morgan fingerprint density at radius 3 is 2.50 bits per heavy atom. The Bertz CT molecular complexity index is 1410. The van der Waals surface area contributed by atoms with E-state index < -0.39 is 0 Å². The number of terminal acetylenes is 1. The van der Waals surface area contributed by atoms with E-state index in [0.717, 1.165) is 38.9 Å². The van der Waals surface area contributed by atoms with Crippen molar-refractivity contribution in [1.29, 1.82) is 0 Å². The lowest BCUT2D eigenvalue weighted by Gasteiger charge is -2.09. The summed E-state index contributed by atoms with van der Waals surface area (Å²) >= 11 is 1.61. The molecule has 0 spiro atoms. The highest BCUT2D eigenvalue weighted by Gasteiger charge is 2.17. The third-order valence-electron chi connectivity index (χ3n) is 5.30. The molecule has 5 heteroatoms. The number of thiophene rings is 1. The van der Waals surface area contributed by atoms with Gasteiger partial charge in [-0.15, -0.1) is 17.8 Å². The Labute approximate surface area is 191 Å². The number of nitrogens with one attached hydrogen (secondary N) is 1. The van der Waals surface area contributed by atoms with Crippen molar-refractivity contribution in [3.8, 4) is 39.8 Å². The van der Waals surface area contributed by atoms with Crippen molar-refractivity contribution >= 4 is 22.8 Å². The van der Waals surface area contributed by atoms with Gasteiger partial charge in [-0.3, -0.25) is 4.40 Å². The van der Waals surface area contributed by atoms with Crippen LogP contribution in [0.2, 0.25) is 0 Å². The average molecular weight is 436 g/mol. The van der Waals surface area contributed by atoms with Crippen LogP contribution in [0.5, 0.6) is 5.75 Å². The summed E-state index contributed by atoms with van der Waals surface area (Å²) in [4.78, 5) is 5.81. The quantitative estimate of drug-likeness (QED) is 0.322. The Morgan fingerprint density at radius 1 is 1.03 bits per heavy atom. The van der Waals surface area contributed by atoms with Crippen LogP contribution in [-0.4, -0.2) is 16.5 Å². The van der Waals surface area contributed by atoms with Crippen LogP contribution in [0.15, 0.2) is 84.4 Å². The lowest BCUT2D eigenvalue weighted by atomic mass is 10.2. The molecule has 0 atom stereocenters. The maximum Gasteiger partial charge on any atom is 0.139 e. The lowest BCUT2D eigenvalue weighted by molar-refractivity contribution is 0.414. The number of hydrogen-bond acceptors (Lipinski definition) is 4. The highest BCUT2D eigenvalue weighted by atomic mass is 32.1. The van der Waals surface area contributed by atoms with Crippen LogP contribution < -0.4 is 10.1 Å². The summed E-state index contributed by atoms with van der Waals surface area (Å²) in [6, 6.07) is 24.4. The van der Waals surface area contributed by atoms with E-state index in [1.165, 1.54) is 11.1 Å². The van der Waals surface area contributed by atoms with Crippen molar-refractivity contribution in [3.05, 3.63) is 95.5 Å². The van der Waals surface area contributed by atoms with E-state index >= 15 is 0 Å². The van der Waals surface area contributed by atoms with Gasteiger partial charge in [-0.25, -0.2) is 4.98 Å². The molecule has 0 bridgehead atoms. The number of rotatable bonds is 5. The SMILES string of the molecule is C#Cc1ccsc1-c1nc2ccccn2c1NCc1ccc(OC)cc1.c1cc2cc-2c1. The molecule has 0 amide bonds. The molecule has 0 fully saturated rings. The minimum absolute atomic E-state index is 0.677. The van der Waals surface area contributed by atoms with Gasteiger partial charge < -0.3 is 10.1 Å². The second kappa shape index (κ2) is 8.62. The summed E-state index contributed by atoms with van der Waals surface area (Å²) in [6.07, 6.45) is 7.66. The summed E-state index contributed by atoms with van der Waals surface area (Å²) in [5.41, 5.74) is 6.64. The molecule has 6 rings (SSSR count). The Kier molecular flexibility index (Phi) is 5.37. The zero-order chi connectivity index (χ0) is 21.9. The van der Waals surface area contributed by atoms with Gasteiger partial charge in [0.05, 0.1) is 12.0 Å². The lowest BCUT2D eigenvalue weighted by Crippen LogP contribution is -2.03. The number of benzene rings is 2. The third kappa shape index (κ3) is 3.96. The van der Waals surface area contributed by atoms with Crippen LogP contribution in [-0.2, 0) is 6.54 Å². The van der Waals surface area contributed by atoms with Gasteiger partial charge in [0.1, 0.15) is 22.9 Å². The van der Waals surface area contributed by atoms with Crippen LogP contribution >= 0.6 is 11.3 Å². The molecule has 2 aliphatic rings. The second-order valence-electron chi connectivity index (χ2n) is 7.33. The molecular formula is C27H21N3OS. The standard InChI is InChI=1S/C21H17N3OS.C6H4/c1-3-16-11-13-26-20(16)19-21(24-12-5-4-6-18(24)23-19)22-14-15-7-9-17(25-2)10-8-15;1-2-5-4-6(5)3-1/h1,4-13,22H,14H2,2H3;1-4H. The van der Waals surface area contributed by atoms with E-state index in [9.17, 15) is 0 Å². The second-order valence-corrected chi connectivity index (χ2v) is 8.24. The van der Waals surface area contributed by atoms with Crippen molar-refractivity contribution < 1.29 is 4.74 Å². The number of imidazole rings is 1. The van der Waals surface area contributed by atoms with Gasteiger partial charge in [0, 0.05) is 18.3 Å². The first kappa shape index (κ1) is 19.9. The van der Waals surface area contributed by atoms with E-state index in [0.29, 0.717) is 6.54 Å². The van der Waals surface area contributed by atoms with Crippen LogP contribution in [0.1, 0.15) is 11.1 Å². The number of hydrogen-bond donors (Lipinski definition) is 1. The van der Waals surface area contributed by atoms with Crippen molar-refractivity contribution in [1.82, 2.24) is 9.38 Å². The molecule has 0 aliphatic heterocycles. The van der Waals surface area contributed by atoms with Gasteiger partial charge in [-0.05, 0) is 58.5 Å². The minimum atomic E-state index is 0.677. The average Bonchev–Trinajstić information content (AvgIpc) is 3.21. The highest BCUT2D eigenvalue weighted by molar-refractivity contribution is 7.13. The van der Waals surface area contributed by atoms with Crippen molar-refractivity contribution in [3.63, 3.8) is 0 Å². The topological polar surface area (TPSA) is 38.6 Å². The summed E-state index contributed by atoms with van der Waals surface area (Å²) in [6.45, 7) is 0.677. The van der Waals surface area contributed by atoms with E-state index in [4.69, 9.17) is 16.1 Å². The maximum atomic E-state index is 5.66. The normalized spacial score (nSPS) is 10.8. The number of ether oxygens (including phenoxy) is 1. The zero-order valence-electron chi connectivity index (χ0n) is 17.6. The van der Waals surface area contributed by atoms with Crippen molar-refractivity contribution in [2.45, 2.75) is 6.54 Å². The number of pyridine rings is 1. The maximum absolute atomic E-state index is 5.66. The number of anilines is 1. The molecule has 0 radical (unpaired) electrons. The highest BCUT2D eigenvalue weighted by Crippen LogP contribution is 2.35. The van der Waals surface area contributed by atoms with Crippen molar-refractivity contribution in [2.24, 2.45) is 0 Å². The molecule has 0 saturated heterocycles. The summed E-state index contributed by atoms with van der Waals surface area (Å²) in [5, 5.41) is 5.53. The van der Waals surface area contributed by atoms with Crippen molar-refractivity contribution in [2.75, 3.05) is 12.4 Å². The van der Waals surface area contributed by atoms with Gasteiger partial charge >= 0.3 is 0 Å². The Balaban J connectivity index is 0.000000306. The minimum Gasteiger partial charge on any atom is -0.497 e. The van der Waals surface area contributed by atoms with E-state index in [1.54, 1.807) is 18.4 Å². The van der Waals surface area contributed by atoms with Crippen LogP contribution in [0.25, 0.3) is 27.3 Å². The monoisotopic (exact) mass is 435 g/mol. The molecule has 4 aromatic rings. The molecule has 1 aromatic carbocycles. The summed E-state index contributed by atoms with van der Waals surface area (Å²) < 4.78 is 7.27. The molecular weight excluding hydrogens is 414 g/mol. The fourth-order valence-corrected chi connectivity index (χ4v) is 4.38. The largest absolute Gasteiger partial charge is 0.497 e. The van der Waals surface area contributed by atoms with Crippen LogP contribution in [0, 0.1) is 12.3 Å². The smallest absolute Gasteiger partial charge is 0.139 e. The van der Waals surface area contributed by atoms with Gasteiger partial charge in [-0.2, -0.15) is 0 Å². The first-order valence-corrected chi connectivity index (χ1v) is 11.1. The molecule has 1 N–H and O–H groups in total. The first-order valence-electron chi connectivity index (χ1n) is 10.3. The molecule has 0 saturated carbocycles. The van der Waals surface area contributed by atoms with Gasteiger partial charge in [-0.1, -0.05) is 42.3 Å². The predicted octanol–water partition coefficient (Wildman–Crippen LogP) is 6.33. The number of fused-ring (bicyclic) bond motifs is 2. The zero-order valence-corrected chi connectivity index (χ0v) is 18.4. The Hall–Kier alpha value is -4.01. The fraction of sp³-hybridized carbons (Fsp3) is 0.0741. The number of aromatic nitrogens is 2. The first-order chi connectivity index (χ1) is 15.8.